The van der Waals surface area contributed by atoms with Crippen LogP contribution in [0, 0.1) is 0 Å². The SMILES string of the molecule is CCC1=C(C(=O)OC)[C@H](c2ccccc2)n2c(s/c(=C\c3ccc(OCc4ccc5c(c4)OCO5)cc3)c2=O)=N1. The molecule has 0 spiro atoms. The van der Waals surface area contributed by atoms with Crippen molar-refractivity contribution in [1.82, 2.24) is 4.57 Å². The quantitative estimate of drug-likeness (QED) is 0.320. The van der Waals surface area contributed by atoms with E-state index >= 15 is 0 Å². The van der Waals surface area contributed by atoms with Crippen LogP contribution in [0.4, 0.5) is 0 Å². The second-order valence-corrected chi connectivity index (χ2v) is 10.3. The Morgan fingerprint density at radius 3 is 2.60 bits per heavy atom. The number of carbonyl (C=O) groups is 1. The first-order valence-electron chi connectivity index (χ1n) is 12.8. The molecule has 0 saturated carbocycles. The summed E-state index contributed by atoms with van der Waals surface area (Å²) in [5.74, 6) is 1.67. The molecule has 6 rings (SSSR count). The van der Waals surface area contributed by atoms with Gasteiger partial charge in [-0.25, -0.2) is 9.79 Å². The van der Waals surface area contributed by atoms with Gasteiger partial charge in [-0.05, 0) is 53.5 Å². The number of esters is 1. The van der Waals surface area contributed by atoms with E-state index in [0.717, 1.165) is 28.2 Å². The molecule has 1 aromatic heterocycles. The highest BCUT2D eigenvalue weighted by atomic mass is 32.1. The normalized spacial score (nSPS) is 15.9. The third-order valence-corrected chi connectivity index (χ3v) is 7.77. The van der Waals surface area contributed by atoms with Crippen LogP contribution in [0.25, 0.3) is 6.08 Å². The van der Waals surface area contributed by atoms with E-state index in [0.29, 0.717) is 39.4 Å². The van der Waals surface area contributed by atoms with Gasteiger partial charge in [-0.15, -0.1) is 0 Å². The minimum Gasteiger partial charge on any atom is -0.489 e. The van der Waals surface area contributed by atoms with E-state index in [-0.39, 0.29) is 12.4 Å². The lowest BCUT2D eigenvalue weighted by atomic mass is 9.95. The van der Waals surface area contributed by atoms with Gasteiger partial charge in [0.2, 0.25) is 6.79 Å². The molecule has 0 unspecified atom stereocenters. The Kier molecular flexibility index (Phi) is 6.96. The summed E-state index contributed by atoms with van der Waals surface area (Å²) in [5, 5.41) is 0. The molecule has 9 heteroatoms. The largest absolute Gasteiger partial charge is 0.489 e. The van der Waals surface area contributed by atoms with Crippen LogP contribution in [-0.2, 0) is 16.1 Å². The van der Waals surface area contributed by atoms with Crippen molar-refractivity contribution in [2.45, 2.75) is 26.0 Å². The van der Waals surface area contributed by atoms with Gasteiger partial charge in [-0.2, -0.15) is 0 Å². The summed E-state index contributed by atoms with van der Waals surface area (Å²) < 4.78 is 24.0. The zero-order valence-corrected chi connectivity index (χ0v) is 22.8. The van der Waals surface area contributed by atoms with E-state index in [9.17, 15) is 9.59 Å². The number of carbonyl (C=O) groups excluding carboxylic acids is 1. The number of hydrogen-bond donors (Lipinski definition) is 0. The molecule has 8 nitrogen and oxygen atoms in total. The summed E-state index contributed by atoms with van der Waals surface area (Å²) in [6, 6.07) is 22.2. The lowest BCUT2D eigenvalue weighted by molar-refractivity contribution is -0.136. The Labute approximate surface area is 234 Å². The third kappa shape index (κ3) is 4.80. The molecule has 0 amide bonds. The minimum absolute atomic E-state index is 0.211. The first-order valence-corrected chi connectivity index (χ1v) is 13.7. The predicted molar refractivity (Wildman–Crippen MR) is 150 cm³/mol. The molecule has 0 fully saturated rings. The second-order valence-electron chi connectivity index (χ2n) is 9.24. The maximum absolute atomic E-state index is 13.7. The van der Waals surface area contributed by atoms with Gasteiger partial charge in [0.05, 0.1) is 29.0 Å². The minimum atomic E-state index is -0.617. The van der Waals surface area contributed by atoms with E-state index in [1.807, 2.05) is 85.8 Å². The number of fused-ring (bicyclic) bond motifs is 2. The molecule has 0 aliphatic carbocycles. The molecule has 2 aliphatic heterocycles. The van der Waals surface area contributed by atoms with Crippen molar-refractivity contribution < 1.29 is 23.7 Å². The molecule has 4 aromatic rings. The van der Waals surface area contributed by atoms with Gasteiger partial charge in [0, 0.05) is 0 Å². The number of allylic oxidation sites excluding steroid dienone is 1. The van der Waals surface area contributed by atoms with Crippen molar-refractivity contribution in [3.05, 3.63) is 120 Å². The molecule has 202 valence electrons. The van der Waals surface area contributed by atoms with Crippen molar-refractivity contribution >= 4 is 23.4 Å². The molecule has 3 aromatic carbocycles. The highest BCUT2D eigenvalue weighted by Gasteiger charge is 2.33. The average molecular weight is 555 g/mol. The lowest BCUT2D eigenvalue weighted by Crippen LogP contribution is -2.40. The molecular weight excluding hydrogens is 528 g/mol. The molecular formula is C31H26N2O6S. The number of benzene rings is 3. The van der Waals surface area contributed by atoms with E-state index in [4.69, 9.17) is 23.9 Å². The van der Waals surface area contributed by atoms with Gasteiger partial charge in [0.1, 0.15) is 12.4 Å². The topological polar surface area (TPSA) is 88.4 Å². The lowest BCUT2D eigenvalue weighted by Gasteiger charge is -2.25. The highest BCUT2D eigenvalue weighted by molar-refractivity contribution is 7.07. The molecule has 2 aliphatic rings. The summed E-state index contributed by atoms with van der Waals surface area (Å²) in [4.78, 5) is 31.9. The molecule has 0 saturated heterocycles. The average Bonchev–Trinajstić information content (AvgIpc) is 3.59. The van der Waals surface area contributed by atoms with Crippen LogP contribution in [-0.4, -0.2) is 24.4 Å². The number of hydrogen-bond acceptors (Lipinski definition) is 8. The first kappa shape index (κ1) is 25.6. The molecule has 40 heavy (non-hydrogen) atoms. The van der Waals surface area contributed by atoms with Crippen LogP contribution in [0.15, 0.2) is 93.9 Å². The monoisotopic (exact) mass is 554 g/mol. The number of rotatable bonds is 7. The maximum atomic E-state index is 13.7. The Bertz CT molecular complexity index is 1790. The van der Waals surface area contributed by atoms with Gasteiger partial charge in [0.25, 0.3) is 5.56 Å². The molecule has 0 radical (unpaired) electrons. The summed E-state index contributed by atoms with van der Waals surface area (Å²) >= 11 is 1.31. The van der Waals surface area contributed by atoms with Crippen molar-refractivity contribution in [3.8, 4) is 17.2 Å². The first-order chi connectivity index (χ1) is 19.6. The molecule has 0 bridgehead atoms. The van der Waals surface area contributed by atoms with E-state index in [2.05, 4.69) is 0 Å². The van der Waals surface area contributed by atoms with Gasteiger partial charge in [0.15, 0.2) is 16.3 Å². The number of methoxy groups -OCH3 is 1. The molecule has 0 N–H and O–H groups in total. The number of nitrogens with zero attached hydrogens (tertiary/aromatic N) is 2. The Hall–Kier alpha value is -4.63. The summed E-state index contributed by atoms with van der Waals surface area (Å²) in [5.41, 5.74) is 3.44. The van der Waals surface area contributed by atoms with Crippen LogP contribution in [0.3, 0.4) is 0 Å². The summed E-state index contributed by atoms with van der Waals surface area (Å²) in [7, 11) is 1.35. The van der Waals surface area contributed by atoms with Crippen LogP contribution in [0.2, 0.25) is 0 Å². The second kappa shape index (κ2) is 10.9. The number of thiazole rings is 1. The van der Waals surface area contributed by atoms with Gasteiger partial charge < -0.3 is 18.9 Å². The van der Waals surface area contributed by atoms with Gasteiger partial charge in [-0.1, -0.05) is 66.8 Å². The zero-order valence-electron chi connectivity index (χ0n) is 22.0. The third-order valence-electron chi connectivity index (χ3n) is 6.79. The highest BCUT2D eigenvalue weighted by Crippen LogP contribution is 2.33. The standard InChI is InChI=1S/C31H26N2O6S/c1-3-23-27(30(35)36-2)28(21-7-5-4-6-8-21)33-29(34)26(40-31(33)32-23)16-19-9-12-22(13-10-19)37-17-20-11-14-24-25(15-20)39-18-38-24/h4-16,28H,3,17-18H2,1-2H3/b26-16-/t28-/m0/s1. The Balaban J connectivity index is 1.30. The predicted octanol–water partition coefficient (Wildman–Crippen LogP) is 4.11. The fourth-order valence-corrected chi connectivity index (χ4v) is 5.84. The van der Waals surface area contributed by atoms with Crippen LogP contribution in [0.5, 0.6) is 17.2 Å². The molecule has 1 atom stereocenters. The van der Waals surface area contributed by atoms with Crippen molar-refractivity contribution in [1.29, 1.82) is 0 Å². The van der Waals surface area contributed by atoms with Gasteiger partial charge in [-0.3, -0.25) is 9.36 Å². The van der Waals surface area contributed by atoms with Crippen LogP contribution < -0.4 is 29.1 Å². The van der Waals surface area contributed by atoms with E-state index < -0.39 is 12.0 Å². The van der Waals surface area contributed by atoms with Crippen molar-refractivity contribution in [3.63, 3.8) is 0 Å². The number of aromatic nitrogens is 1. The Morgan fingerprint density at radius 1 is 1.07 bits per heavy atom. The van der Waals surface area contributed by atoms with Crippen molar-refractivity contribution in [2.24, 2.45) is 4.99 Å². The smallest absolute Gasteiger partial charge is 0.338 e. The van der Waals surface area contributed by atoms with Crippen LogP contribution >= 0.6 is 11.3 Å². The van der Waals surface area contributed by atoms with Crippen LogP contribution in [0.1, 0.15) is 36.1 Å². The van der Waals surface area contributed by atoms with Gasteiger partial charge >= 0.3 is 5.97 Å². The zero-order chi connectivity index (χ0) is 27.6. The summed E-state index contributed by atoms with van der Waals surface area (Å²) in [6.45, 7) is 2.56. The Morgan fingerprint density at radius 2 is 1.85 bits per heavy atom. The van der Waals surface area contributed by atoms with E-state index in [1.54, 1.807) is 4.57 Å². The number of ether oxygens (including phenoxy) is 4. The van der Waals surface area contributed by atoms with E-state index in [1.165, 1.54) is 18.4 Å². The molecule has 3 heterocycles. The fraction of sp³-hybridized carbons (Fsp3) is 0.194. The maximum Gasteiger partial charge on any atom is 0.338 e. The fourth-order valence-electron chi connectivity index (χ4n) is 4.82. The summed E-state index contributed by atoms with van der Waals surface area (Å²) in [6.07, 6.45) is 2.37. The van der Waals surface area contributed by atoms with Crippen molar-refractivity contribution in [2.75, 3.05) is 13.9 Å².